The largest absolute Gasteiger partial charge is 0.378 e. The zero-order chi connectivity index (χ0) is 15.0. The standard InChI is InChI=1S/C16H24N4.HI/c1-6-10-18-16(17-7-2)19-12-14-8-9-15(20(4)5)11-13(14)3;/h1,8-9,11H,7,10,12H2,2-5H3,(H2,17,18,19);1H. The molecular weight excluding hydrogens is 375 g/mol. The Bertz CT molecular complexity index is 503. The van der Waals surface area contributed by atoms with Gasteiger partial charge in [0.1, 0.15) is 0 Å². The van der Waals surface area contributed by atoms with Gasteiger partial charge in [-0.25, -0.2) is 4.99 Å². The second kappa shape index (κ2) is 10.3. The first-order valence-corrected chi connectivity index (χ1v) is 6.81. The van der Waals surface area contributed by atoms with Crippen molar-refractivity contribution in [1.82, 2.24) is 10.6 Å². The van der Waals surface area contributed by atoms with Gasteiger partial charge in [0.15, 0.2) is 5.96 Å². The van der Waals surface area contributed by atoms with Crippen molar-refractivity contribution in [3.8, 4) is 12.3 Å². The molecule has 0 bridgehead atoms. The van der Waals surface area contributed by atoms with Crippen molar-refractivity contribution in [2.75, 3.05) is 32.1 Å². The number of rotatable bonds is 5. The molecule has 0 aromatic heterocycles. The van der Waals surface area contributed by atoms with Crippen molar-refractivity contribution in [1.29, 1.82) is 0 Å². The van der Waals surface area contributed by atoms with Crippen LogP contribution in [0.1, 0.15) is 18.1 Å². The van der Waals surface area contributed by atoms with E-state index in [0.29, 0.717) is 13.1 Å². The van der Waals surface area contributed by atoms with Crippen molar-refractivity contribution in [2.24, 2.45) is 4.99 Å². The summed E-state index contributed by atoms with van der Waals surface area (Å²) in [7, 11) is 4.08. The fourth-order valence-corrected chi connectivity index (χ4v) is 1.78. The molecule has 0 heterocycles. The maximum Gasteiger partial charge on any atom is 0.192 e. The highest BCUT2D eigenvalue weighted by Gasteiger charge is 2.02. The number of aliphatic imine (C=N–C) groups is 1. The van der Waals surface area contributed by atoms with Gasteiger partial charge in [0, 0.05) is 26.3 Å². The molecule has 0 saturated heterocycles. The molecule has 0 saturated carbocycles. The Labute approximate surface area is 145 Å². The quantitative estimate of drug-likeness (QED) is 0.345. The Morgan fingerprint density at radius 1 is 1.33 bits per heavy atom. The third-order valence-electron chi connectivity index (χ3n) is 2.95. The van der Waals surface area contributed by atoms with Crippen molar-refractivity contribution in [3.63, 3.8) is 0 Å². The molecule has 0 atom stereocenters. The van der Waals surface area contributed by atoms with Crippen molar-refractivity contribution >= 4 is 35.6 Å². The highest BCUT2D eigenvalue weighted by atomic mass is 127. The highest BCUT2D eigenvalue weighted by molar-refractivity contribution is 14.0. The molecule has 0 fully saturated rings. The highest BCUT2D eigenvalue weighted by Crippen LogP contribution is 2.17. The molecule has 0 unspecified atom stereocenters. The van der Waals surface area contributed by atoms with Crippen molar-refractivity contribution in [3.05, 3.63) is 29.3 Å². The normalized spacial score (nSPS) is 10.3. The molecule has 0 aliphatic rings. The number of aryl methyl sites for hydroxylation is 1. The molecule has 1 rings (SSSR count). The summed E-state index contributed by atoms with van der Waals surface area (Å²) in [6, 6.07) is 6.41. The number of halogens is 1. The summed E-state index contributed by atoms with van der Waals surface area (Å²) in [6.45, 7) is 6.07. The number of anilines is 1. The lowest BCUT2D eigenvalue weighted by Crippen LogP contribution is -2.37. The topological polar surface area (TPSA) is 39.7 Å². The molecule has 1 aromatic carbocycles. The number of benzene rings is 1. The molecule has 0 aliphatic carbocycles. The molecule has 0 amide bonds. The van der Waals surface area contributed by atoms with Gasteiger partial charge in [0.2, 0.25) is 0 Å². The first-order valence-electron chi connectivity index (χ1n) is 6.81. The minimum absolute atomic E-state index is 0. The van der Waals surface area contributed by atoms with Crippen LogP contribution in [-0.2, 0) is 6.54 Å². The van der Waals surface area contributed by atoms with E-state index in [0.717, 1.165) is 12.5 Å². The SMILES string of the molecule is C#CCNC(=NCc1ccc(N(C)C)cc1C)NCC.I. The van der Waals surface area contributed by atoms with Gasteiger partial charge in [0.25, 0.3) is 0 Å². The second-order valence-corrected chi connectivity index (χ2v) is 4.76. The lowest BCUT2D eigenvalue weighted by Gasteiger charge is -2.15. The molecule has 4 nitrogen and oxygen atoms in total. The summed E-state index contributed by atoms with van der Waals surface area (Å²) >= 11 is 0. The van der Waals surface area contributed by atoms with Crippen molar-refractivity contribution < 1.29 is 0 Å². The maximum atomic E-state index is 5.25. The third-order valence-corrected chi connectivity index (χ3v) is 2.95. The molecule has 0 spiro atoms. The minimum Gasteiger partial charge on any atom is -0.378 e. The van der Waals surface area contributed by atoms with Crippen LogP contribution in [0.4, 0.5) is 5.69 Å². The van der Waals surface area contributed by atoms with E-state index >= 15 is 0 Å². The lowest BCUT2D eigenvalue weighted by atomic mass is 10.1. The van der Waals surface area contributed by atoms with Crippen LogP contribution < -0.4 is 15.5 Å². The minimum atomic E-state index is 0. The predicted molar refractivity (Wildman–Crippen MR) is 103 cm³/mol. The summed E-state index contributed by atoms with van der Waals surface area (Å²) < 4.78 is 0. The smallest absolute Gasteiger partial charge is 0.192 e. The zero-order valence-corrected chi connectivity index (χ0v) is 15.6. The van der Waals surface area contributed by atoms with Crippen molar-refractivity contribution in [2.45, 2.75) is 20.4 Å². The van der Waals surface area contributed by atoms with E-state index in [1.165, 1.54) is 16.8 Å². The van der Waals surface area contributed by atoms with Crippen LogP contribution in [-0.4, -0.2) is 33.1 Å². The molecule has 21 heavy (non-hydrogen) atoms. The molecule has 116 valence electrons. The Balaban J connectivity index is 0.00000400. The summed E-state index contributed by atoms with van der Waals surface area (Å²) in [6.07, 6.45) is 5.25. The number of terminal acetylenes is 1. The van der Waals surface area contributed by atoms with Gasteiger partial charge in [-0.2, -0.15) is 0 Å². The van der Waals surface area contributed by atoms with Gasteiger partial charge in [-0.3, -0.25) is 0 Å². The Morgan fingerprint density at radius 3 is 2.57 bits per heavy atom. The molecular formula is C16H25IN4. The molecule has 1 aromatic rings. The van der Waals surface area contributed by atoms with Crippen LogP contribution >= 0.6 is 24.0 Å². The van der Waals surface area contributed by atoms with E-state index in [9.17, 15) is 0 Å². The average molecular weight is 400 g/mol. The number of hydrogen-bond donors (Lipinski definition) is 2. The maximum absolute atomic E-state index is 5.25. The summed E-state index contributed by atoms with van der Waals surface area (Å²) in [5.74, 6) is 3.30. The molecule has 0 aliphatic heterocycles. The summed E-state index contributed by atoms with van der Waals surface area (Å²) in [5, 5.41) is 6.26. The lowest BCUT2D eigenvalue weighted by molar-refractivity contribution is 0.863. The number of nitrogens with one attached hydrogen (secondary N) is 2. The third kappa shape index (κ3) is 6.71. The van der Waals surface area contributed by atoms with E-state index in [2.05, 4.69) is 51.6 Å². The van der Waals surface area contributed by atoms with E-state index in [4.69, 9.17) is 6.42 Å². The Morgan fingerprint density at radius 2 is 2.05 bits per heavy atom. The van der Waals surface area contributed by atoms with Gasteiger partial charge in [-0.05, 0) is 37.1 Å². The van der Waals surface area contributed by atoms with Crippen LogP contribution in [0.3, 0.4) is 0 Å². The van der Waals surface area contributed by atoms with E-state index in [1.807, 2.05) is 21.0 Å². The van der Waals surface area contributed by atoms with Gasteiger partial charge >= 0.3 is 0 Å². The van der Waals surface area contributed by atoms with E-state index in [-0.39, 0.29) is 24.0 Å². The molecule has 2 N–H and O–H groups in total. The first-order chi connectivity index (χ1) is 9.58. The van der Waals surface area contributed by atoms with E-state index < -0.39 is 0 Å². The van der Waals surface area contributed by atoms with Crippen LogP contribution in [0.2, 0.25) is 0 Å². The second-order valence-electron chi connectivity index (χ2n) is 4.76. The predicted octanol–water partition coefficient (Wildman–Crippen LogP) is 2.37. The molecule has 5 heteroatoms. The summed E-state index contributed by atoms with van der Waals surface area (Å²) in [4.78, 5) is 6.64. The summed E-state index contributed by atoms with van der Waals surface area (Å²) in [5.41, 5.74) is 3.66. The monoisotopic (exact) mass is 400 g/mol. The van der Waals surface area contributed by atoms with Gasteiger partial charge in [-0.1, -0.05) is 12.0 Å². The number of nitrogens with zero attached hydrogens (tertiary/aromatic N) is 2. The zero-order valence-electron chi connectivity index (χ0n) is 13.2. The van der Waals surface area contributed by atoms with Gasteiger partial charge < -0.3 is 15.5 Å². The first kappa shape index (κ1) is 19.6. The van der Waals surface area contributed by atoms with Crippen LogP contribution in [0.25, 0.3) is 0 Å². The van der Waals surface area contributed by atoms with Crippen LogP contribution in [0.5, 0.6) is 0 Å². The van der Waals surface area contributed by atoms with Crippen LogP contribution in [0, 0.1) is 19.3 Å². The Kier molecular flexibility index (Phi) is 9.63. The van der Waals surface area contributed by atoms with Crippen LogP contribution in [0.15, 0.2) is 23.2 Å². The molecule has 0 radical (unpaired) electrons. The Hall–Kier alpha value is -1.42. The fourth-order valence-electron chi connectivity index (χ4n) is 1.78. The van der Waals surface area contributed by atoms with Gasteiger partial charge in [-0.15, -0.1) is 30.4 Å². The number of guanidine groups is 1. The van der Waals surface area contributed by atoms with E-state index in [1.54, 1.807) is 0 Å². The van der Waals surface area contributed by atoms with Gasteiger partial charge in [0.05, 0.1) is 13.1 Å². The fraction of sp³-hybridized carbons (Fsp3) is 0.438. The number of hydrogen-bond acceptors (Lipinski definition) is 2. The average Bonchev–Trinajstić information content (AvgIpc) is 2.42.